The lowest BCUT2D eigenvalue weighted by molar-refractivity contribution is -0.128. The van der Waals surface area contributed by atoms with E-state index in [-0.39, 0.29) is 29.3 Å². The van der Waals surface area contributed by atoms with Gasteiger partial charge in [0.1, 0.15) is 6.29 Å². The Labute approximate surface area is 116 Å². The van der Waals surface area contributed by atoms with Crippen LogP contribution in [0.4, 0.5) is 0 Å². The van der Waals surface area contributed by atoms with Gasteiger partial charge in [0.15, 0.2) is 0 Å². The fraction of sp³-hybridized carbons (Fsp3) is 0.867. The van der Waals surface area contributed by atoms with Crippen LogP contribution in [-0.4, -0.2) is 43.3 Å². The molecule has 0 aromatic rings. The molecule has 0 aromatic carbocycles. The van der Waals surface area contributed by atoms with Gasteiger partial charge in [-0.2, -0.15) is 0 Å². The topological polar surface area (TPSA) is 49.4 Å². The molecule has 4 heteroatoms. The lowest BCUT2D eigenvalue weighted by Gasteiger charge is -2.40. The molecule has 0 aliphatic heterocycles. The predicted octanol–water partition coefficient (Wildman–Crippen LogP) is 1.84. The first-order valence-electron chi connectivity index (χ1n) is 7.22. The van der Waals surface area contributed by atoms with Crippen LogP contribution in [0.15, 0.2) is 0 Å². The maximum atomic E-state index is 12.2. The Kier molecular flexibility index (Phi) is 5.53. The summed E-state index contributed by atoms with van der Waals surface area (Å²) in [5.41, 5.74) is -0.361. The number of rotatable bonds is 5. The van der Waals surface area contributed by atoms with Gasteiger partial charge in [-0.3, -0.25) is 9.69 Å². The van der Waals surface area contributed by atoms with Crippen LogP contribution in [0.5, 0.6) is 0 Å². The van der Waals surface area contributed by atoms with Crippen LogP contribution in [-0.2, 0) is 9.59 Å². The summed E-state index contributed by atoms with van der Waals surface area (Å²) in [4.78, 5) is 25.4. The van der Waals surface area contributed by atoms with E-state index in [1.54, 1.807) is 0 Å². The molecule has 1 rings (SSSR count). The van der Waals surface area contributed by atoms with Crippen LogP contribution in [0.25, 0.3) is 0 Å². The van der Waals surface area contributed by atoms with Crippen LogP contribution in [0, 0.1) is 11.3 Å². The molecule has 4 nitrogen and oxygen atoms in total. The number of nitrogens with one attached hydrogen (secondary N) is 1. The number of carbonyl (C=O) groups is 2. The Morgan fingerprint density at radius 2 is 1.89 bits per heavy atom. The minimum Gasteiger partial charge on any atom is -0.352 e. The minimum atomic E-state index is -0.361. The van der Waals surface area contributed by atoms with Gasteiger partial charge in [-0.05, 0) is 39.8 Å². The zero-order valence-electron chi connectivity index (χ0n) is 12.9. The molecule has 0 aromatic heterocycles. The number of amides is 1. The molecule has 0 saturated heterocycles. The van der Waals surface area contributed by atoms with Gasteiger partial charge in [0.25, 0.3) is 0 Å². The van der Waals surface area contributed by atoms with E-state index in [4.69, 9.17) is 0 Å². The molecule has 1 saturated carbocycles. The summed E-state index contributed by atoms with van der Waals surface area (Å²) < 4.78 is 0. The van der Waals surface area contributed by atoms with E-state index in [0.29, 0.717) is 0 Å². The highest BCUT2D eigenvalue weighted by Crippen LogP contribution is 2.37. The smallest absolute Gasteiger partial charge is 0.237 e. The van der Waals surface area contributed by atoms with Crippen molar-refractivity contribution in [1.29, 1.82) is 0 Å². The molecule has 0 heterocycles. The fourth-order valence-electron chi connectivity index (χ4n) is 2.82. The molecule has 1 fully saturated rings. The predicted molar refractivity (Wildman–Crippen MR) is 76.9 cm³/mol. The van der Waals surface area contributed by atoms with Crippen LogP contribution >= 0.6 is 0 Å². The first-order chi connectivity index (χ1) is 8.79. The summed E-state index contributed by atoms with van der Waals surface area (Å²) in [6, 6.07) is -0.00855. The molecular formula is C15H28N2O2. The highest BCUT2D eigenvalue weighted by molar-refractivity contribution is 5.81. The van der Waals surface area contributed by atoms with Gasteiger partial charge >= 0.3 is 0 Å². The molecular weight excluding hydrogens is 240 g/mol. The van der Waals surface area contributed by atoms with E-state index in [1.807, 2.05) is 39.8 Å². The van der Waals surface area contributed by atoms with E-state index in [0.717, 1.165) is 32.0 Å². The van der Waals surface area contributed by atoms with Crippen molar-refractivity contribution in [3.8, 4) is 0 Å². The number of carbonyl (C=O) groups excluding carboxylic acids is 2. The van der Waals surface area contributed by atoms with Gasteiger partial charge in [0.05, 0.1) is 6.04 Å². The second-order valence-electron chi connectivity index (χ2n) is 6.58. The van der Waals surface area contributed by atoms with Gasteiger partial charge in [0.2, 0.25) is 5.91 Å². The van der Waals surface area contributed by atoms with Crippen molar-refractivity contribution in [3.63, 3.8) is 0 Å². The standard InChI is InChI=1S/C15H28N2O2/c1-11(17(4)5)14(19)16-13-9-7-6-8-12(13)15(2,3)10-18/h10-13H,6-9H2,1-5H3,(H,16,19)/t11-,12?,13?/m0/s1. The molecule has 0 spiro atoms. The summed E-state index contributed by atoms with van der Waals surface area (Å²) in [6.07, 6.45) is 5.32. The van der Waals surface area contributed by atoms with Crippen LogP contribution in [0.2, 0.25) is 0 Å². The lowest BCUT2D eigenvalue weighted by Crippen LogP contribution is -2.52. The van der Waals surface area contributed by atoms with Crippen molar-refractivity contribution in [2.24, 2.45) is 11.3 Å². The number of nitrogens with zero attached hydrogens (tertiary/aromatic N) is 1. The molecule has 19 heavy (non-hydrogen) atoms. The third-order valence-electron chi connectivity index (χ3n) is 4.51. The van der Waals surface area contributed by atoms with Crippen molar-refractivity contribution in [3.05, 3.63) is 0 Å². The van der Waals surface area contributed by atoms with Gasteiger partial charge in [0, 0.05) is 11.5 Å². The second-order valence-corrected chi connectivity index (χ2v) is 6.58. The lowest BCUT2D eigenvalue weighted by atomic mass is 9.69. The molecule has 1 N–H and O–H groups in total. The van der Waals surface area contributed by atoms with E-state index in [2.05, 4.69) is 5.32 Å². The van der Waals surface area contributed by atoms with Crippen molar-refractivity contribution in [2.75, 3.05) is 14.1 Å². The first kappa shape index (κ1) is 16.2. The fourth-order valence-corrected chi connectivity index (χ4v) is 2.82. The Hall–Kier alpha value is -0.900. The molecule has 2 unspecified atom stereocenters. The summed E-state index contributed by atoms with van der Waals surface area (Å²) in [6.45, 7) is 5.85. The van der Waals surface area contributed by atoms with Gasteiger partial charge < -0.3 is 10.1 Å². The maximum Gasteiger partial charge on any atom is 0.237 e. The monoisotopic (exact) mass is 268 g/mol. The molecule has 0 bridgehead atoms. The SMILES string of the molecule is C[C@@H](C(=O)NC1CCCCC1C(C)(C)C=O)N(C)C. The molecule has 0 radical (unpaired) electrons. The van der Waals surface area contributed by atoms with Gasteiger partial charge in [-0.25, -0.2) is 0 Å². The summed E-state index contributed by atoms with van der Waals surface area (Å²) >= 11 is 0. The average molecular weight is 268 g/mol. The van der Waals surface area contributed by atoms with Crippen molar-refractivity contribution in [2.45, 2.75) is 58.5 Å². The Balaban J connectivity index is 2.73. The number of hydrogen-bond acceptors (Lipinski definition) is 3. The van der Waals surface area contributed by atoms with Crippen molar-refractivity contribution in [1.82, 2.24) is 10.2 Å². The van der Waals surface area contributed by atoms with Gasteiger partial charge in [-0.15, -0.1) is 0 Å². The first-order valence-corrected chi connectivity index (χ1v) is 7.22. The largest absolute Gasteiger partial charge is 0.352 e. The number of hydrogen-bond donors (Lipinski definition) is 1. The van der Waals surface area contributed by atoms with Crippen molar-refractivity contribution >= 4 is 12.2 Å². The maximum absolute atomic E-state index is 12.2. The highest BCUT2D eigenvalue weighted by Gasteiger charge is 2.38. The van der Waals surface area contributed by atoms with Crippen LogP contribution < -0.4 is 5.32 Å². The van der Waals surface area contributed by atoms with E-state index >= 15 is 0 Å². The quantitative estimate of drug-likeness (QED) is 0.774. The summed E-state index contributed by atoms with van der Waals surface area (Å²) in [5.74, 6) is 0.306. The Bertz CT molecular complexity index is 326. The molecule has 1 aliphatic rings. The molecule has 1 aliphatic carbocycles. The number of likely N-dealkylation sites (N-methyl/N-ethyl adjacent to an activating group) is 1. The van der Waals surface area contributed by atoms with Crippen LogP contribution in [0.1, 0.15) is 46.5 Å². The molecule has 1 amide bonds. The molecule has 3 atom stereocenters. The third kappa shape index (κ3) is 4.03. The normalized spacial score (nSPS) is 26.0. The van der Waals surface area contributed by atoms with E-state index in [9.17, 15) is 9.59 Å². The van der Waals surface area contributed by atoms with Crippen LogP contribution in [0.3, 0.4) is 0 Å². The zero-order valence-corrected chi connectivity index (χ0v) is 12.9. The molecule has 110 valence electrons. The van der Waals surface area contributed by atoms with Gasteiger partial charge in [-0.1, -0.05) is 26.7 Å². The van der Waals surface area contributed by atoms with Crippen molar-refractivity contribution < 1.29 is 9.59 Å². The second kappa shape index (κ2) is 6.51. The average Bonchev–Trinajstić information content (AvgIpc) is 2.38. The Morgan fingerprint density at radius 3 is 2.42 bits per heavy atom. The third-order valence-corrected chi connectivity index (χ3v) is 4.51. The van der Waals surface area contributed by atoms with E-state index in [1.165, 1.54) is 0 Å². The Morgan fingerprint density at radius 1 is 1.32 bits per heavy atom. The van der Waals surface area contributed by atoms with E-state index < -0.39 is 0 Å². The zero-order chi connectivity index (χ0) is 14.6. The minimum absolute atomic E-state index is 0.0589. The summed E-state index contributed by atoms with van der Waals surface area (Å²) in [5, 5.41) is 3.15. The highest BCUT2D eigenvalue weighted by atomic mass is 16.2. The summed E-state index contributed by atoms with van der Waals surface area (Å²) in [7, 11) is 3.80. The number of aldehydes is 1.